The first-order valence-electron chi connectivity index (χ1n) is 7.74. The highest BCUT2D eigenvalue weighted by Crippen LogP contribution is 2.28. The molecule has 1 N–H and O–H groups in total. The fourth-order valence-electron chi connectivity index (χ4n) is 2.53. The molecular formula is C18H13FN4OS2. The monoisotopic (exact) mass is 384 g/mol. The highest BCUT2D eigenvalue weighted by atomic mass is 32.1. The van der Waals surface area contributed by atoms with Gasteiger partial charge in [-0.25, -0.2) is 14.1 Å². The molecule has 5 nitrogen and oxygen atoms in total. The van der Waals surface area contributed by atoms with Crippen molar-refractivity contribution in [3.8, 4) is 16.3 Å². The Balaban J connectivity index is 1.57. The zero-order chi connectivity index (χ0) is 18.1. The summed E-state index contributed by atoms with van der Waals surface area (Å²) in [7, 11) is 0. The number of hydrogen-bond acceptors (Lipinski definition) is 5. The van der Waals surface area contributed by atoms with E-state index in [4.69, 9.17) is 0 Å². The summed E-state index contributed by atoms with van der Waals surface area (Å²) in [5.74, 6) is -0.719. The molecule has 0 aliphatic rings. The molecule has 26 heavy (non-hydrogen) atoms. The smallest absolute Gasteiger partial charge is 0.260 e. The Hall–Kier alpha value is -2.84. The summed E-state index contributed by atoms with van der Waals surface area (Å²) in [6, 6.07) is 10.2. The van der Waals surface area contributed by atoms with Gasteiger partial charge in [-0.2, -0.15) is 5.10 Å². The molecule has 0 fully saturated rings. The number of nitrogens with zero attached hydrogens (tertiary/aromatic N) is 3. The lowest BCUT2D eigenvalue weighted by molar-refractivity contribution is 0.102. The lowest BCUT2D eigenvalue weighted by atomic mass is 10.2. The highest BCUT2D eigenvalue weighted by molar-refractivity contribution is 7.16. The van der Waals surface area contributed by atoms with E-state index >= 15 is 0 Å². The minimum absolute atomic E-state index is 0.304. The van der Waals surface area contributed by atoms with E-state index in [0.29, 0.717) is 22.1 Å². The summed E-state index contributed by atoms with van der Waals surface area (Å²) >= 11 is 2.95. The van der Waals surface area contributed by atoms with Crippen molar-refractivity contribution >= 4 is 33.7 Å². The first-order chi connectivity index (χ1) is 12.6. The third-order valence-electron chi connectivity index (χ3n) is 3.83. The Morgan fingerprint density at radius 1 is 1.19 bits per heavy atom. The highest BCUT2D eigenvalue weighted by Gasteiger charge is 2.18. The van der Waals surface area contributed by atoms with Gasteiger partial charge in [0.05, 0.1) is 28.0 Å². The Bertz CT molecular complexity index is 1070. The molecule has 4 rings (SSSR count). The van der Waals surface area contributed by atoms with E-state index in [1.54, 1.807) is 36.5 Å². The van der Waals surface area contributed by atoms with Crippen molar-refractivity contribution in [2.75, 3.05) is 5.32 Å². The van der Waals surface area contributed by atoms with E-state index in [-0.39, 0.29) is 5.91 Å². The molecule has 0 spiro atoms. The molecule has 0 radical (unpaired) electrons. The molecule has 1 aromatic carbocycles. The van der Waals surface area contributed by atoms with E-state index in [2.05, 4.69) is 15.4 Å². The molecule has 0 saturated heterocycles. The van der Waals surface area contributed by atoms with Gasteiger partial charge in [0, 0.05) is 5.38 Å². The number of benzene rings is 1. The fraction of sp³-hybridized carbons (Fsp3) is 0.0556. The largest absolute Gasteiger partial charge is 0.298 e. The van der Waals surface area contributed by atoms with Crippen LogP contribution in [0.2, 0.25) is 0 Å². The maximum absolute atomic E-state index is 14.0. The maximum atomic E-state index is 14.0. The van der Waals surface area contributed by atoms with Crippen LogP contribution in [0, 0.1) is 12.7 Å². The van der Waals surface area contributed by atoms with Crippen LogP contribution in [0.25, 0.3) is 16.3 Å². The molecule has 3 aromatic heterocycles. The van der Waals surface area contributed by atoms with E-state index in [0.717, 1.165) is 10.6 Å². The summed E-state index contributed by atoms with van der Waals surface area (Å²) in [6.07, 6.45) is 1.44. The van der Waals surface area contributed by atoms with Gasteiger partial charge in [-0.15, -0.1) is 22.7 Å². The number of aromatic nitrogens is 3. The summed E-state index contributed by atoms with van der Waals surface area (Å²) in [5, 5.41) is 11.3. The normalized spacial score (nSPS) is 10.8. The van der Waals surface area contributed by atoms with Gasteiger partial charge in [-0.1, -0.05) is 18.2 Å². The average Bonchev–Trinajstić information content (AvgIpc) is 3.36. The SMILES string of the molecule is Cc1c(C(=O)Nc2nc(-c3cccs3)cs2)cnn1-c1ccccc1F. The predicted octanol–water partition coefficient (Wildman–Crippen LogP) is 4.76. The number of carbonyl (C=O) groups is 1. The van der Waals surface area contributed by atoms with Crippen LogP contribution >= 0.6 is 22.7 Å². The lowest BCUT2D eigenvalue weighted by Crippen LogP contribution is -2.13. The topological polar surface area (TPSA) is 59.8 Å². The van der Waals surface area contributed by atoms with Crippen LogP contribution in [0.3, 0.4) is 0 Å². The molecule has 0 saturated carbocycles. The number of rotatable bonds is 4. The van der Waals surface area contributed by atoms with Gasteiger partial charge < -0.3 is 0 Å². The van der Waals surface area contributed by atoms with E-state index < -0.39 is 5.82 Å². The van der Waals surface area contributed by atoms with E-state index in [1.165, 1.54) is 28.3 Å². The van der Waals surface area contributed by atoms with Crippen LogP contribution in [-0.4, -0.2) is 20.7 Å². The molecule has 0 atom stereocenters. The van der Waals surface area contributed by atoms with Crippen LogP contribution < -0.4 is 5.32 Å². The molecule has 3 heterocycles. The summed E-state index contributed by atoms with van der Waals surface area (Å²) in [6.45, 7) is 1.73. The number of halogens is 1. The standard InChI is InChI=1S/C18H13FN4OS2/c1-11-12(9-20-23(11)15-6-3-2-5-13(15)19)17(24)22-18-21-14(10-26-18)16-7-4-8-25-16/h2-10H,1H3,(H,21,22,24). The molecule has 0 unspecified atom stereocenters. The third-order valence-corrected chi connectivity index (χ3v) is 5.48. The number of amides is 1. The molecule has 1 amide bonds. The van der Waals surface area contributed by atoms with E-state index in [9.17, 15) is 9.18 Å². The zero-order valence-electron chi connectivity index (χ0n) is 13.6. The van der Waals surface area contributed by atoms with Crippen LogP contribution in [0.15, 0.2) is 53.4 Å². The second-order valence-electron chi connectivity index (χ2n) is 5.48. The van der Waals surface area contributed by atoms with Crippen LogP contribution in [0.1, 0.15) is 16.1 Å². The summed E-state index contributed by atoms with van der Waals surface area (Å²) in [4.78, 5) is 18.1. The van der Waals surface area contributed by atoms with Gasteiger partial charge in [0.1, 0.15) is 11.5 Å². The molecule has 0 bridgehead atoms. The van der Waals surface area contributed by atoms with Crippen molar-refractivity contribution in [3.63, 3.8) is 0 Å². The number of nitrogens with one attached hydrogen (secondary N) is 1. The summed E-state index contributed by atoms with van der Waals surface area (Å²) < 4.78 is 15.4. The number of para-hydroxylation sites is 1. The molecule has 4 aromatic rings. The maximum Gasteiger partial charge on any atom is 0.260 e. The Morgan fingerprint density at radius 3 is 2.81 bits per heavy atom. The van der Waals surface area contributed by atoms with Crippen LogP contribution in [0.4, 0.5) is 9.52 Å². The number of hydrogen-bond donors (Lipinski definition) is 1. The second-order valence-corrected chi connectivity index (χ2v) is 7.28. The van der Waals surface area contributed by atoms with Gasteiger partial charge in [0.15, 0.2) is 5.13 Å². The van der Waals surface area contributed by atoms with Crippen molar-refractivity contribution < 1.29 is 9.18 Å². The van der Waals surface area contributed by atoms with Crippen molar-refractivity contribution in [3.05, 3.63) is 70.4 Å². The van der Waals surface area contributed by atoms with Gasteiger partial charge in [-0.05, 0) is 30.5 Å². The minimum atomic E-state index is -0.397. The zero-order valence-corrected chi connectivity index (χ0v) is 15.3. The number of thiazole rings is 1. The lowest BCUT2D eigenvalue weighted by Gasteiger charge is -2.06. The molecule has 8 heteroatoms. The van der Waals surface area contributed by atoms with Crippen molar-refractivity contribution in [2.24, 2.45) is 0 Å². The second kappa shape index (κ2) is 6.81. The Kier molecular flexibility index (Phi) is 4.36. The first-order valence-corrected chi connectivity index (χ1v) is 9.49. The Labute approximate surface area is 156 Å². The molecule has 130 valence electrons. The van der Waals surface area contributed by atoms with Crippen molar-refractivity contribution in [1.29, 1.82) is 0 Å². The van der Waals surface area contributed by atoms with Crippen molar-refractivity contribution in [2.45, 2.75) is 6.92 Å². The number of thiophene rings is 1. The van der Waals surface area contributed by atoms with Gasteiger partial charge >= 0.3 is 0 Å². The predicted molar refractivity (Wildman–Crippen MR) is 102 cm³/mol. The number of anilines is 1. The Morgan fingerprint density at radius 2 is 2.04 bits per heavy atom. The van der Waals surface area contributed by atoms with Crippen LogP contribution in [-0.2, 0) is 0 Å². The first kappa shape index (κ1) is 16.6. The van der Waals surface area contributed by atoms with E-state index in [1.807, 2.05) is 22.9 Å². The molecule has 0 aliphatic carbocycles. The number of carbonyl (C=O) groups excluding carboxylic acids is 1. The van der Waals surface area contributed by atoms with Crippen molar-refractivity contribution in [1.82, 2.24) is 14.8 Å². The quantitative estimate of drug-likeness (QED) is 0.552. The summed E-state index contributed by atoms with van der Waals surface area (Å²) in [5.41, 5.74) is 2.07. The average molecular weight is 384 g/mol. The third kappa shape index (κ3) is 3.04. The van der Waals surface area contributed by atoms with Crippen LogP contribution in [0.5, 0.6) is 0 Å². The van der Waals surface area contributed by atoms with Gasteiger partial charge in [0.25, 0.3) is 5.91 Å². The van der Waals surface area contributed by atoms with Gasteiger partial charge in [-0.3, -0.25) is 10.1 Å². The molecule has 0 aliphatic heterocycles. The van der Waals surface area contributed by atoms with Gasteiger partial charge in [0.2, 0.25) is 0 Å². The molecular weight excluding hydrogens is 371 g/mol. The fourth-order valence-corrected chi connectivity index (χ4v) is 4.00. The minimum Gasteiger partial charge on any atom is -0.298 e.